The van der Waals surface area contributed by atoms with Crippen LogP contribution >= 0.6 is 0 Å². The van der Waals surface area contributed by atoms with Gasteiger partial charge >= 0.3 is 0 Å². The fraction of sp³-hybridized carbons (Fsp3) is 0.571. The van der Waals surface area contributed by atoms with Gasteiger partial charge in [0.05, 0.1) is 12.7 Å². The molecule has 2 aromatic carbocycles. The van der Waals surface area contributed by atoms with Crippen molar-refractivity contribution >= 4 is 22.6 Å². The van der Waals surface area contributed by atoms with E-state index >= 15 is 0 Å². The van der Waals surface area contributed by atoms with Crippen LogP contribution in [0.2, 0.25) is 0 Å². The van der Waals surface area contributed by atoms with Crippen LogP contribution in [0.25, 0.3) is 10.8 Å². The highest BCUT2D eigenvalue weighted by Crippen LogP contribution is 2.40. The summed E-state index contributed by atoms with van der Waals surface area (Å²) in [4.78, 5) is 26.1. The lowest BCUT2D eigenvalue weighted by atomic mass is 9.96. The number of methoxy groups -OCH3 is 1. The van der Waals surface area contributed by atoms with Crippen LogP contribution in [0.3, 0.4) is 0 Å². The van der Waals surface area contributed by atoms with Crippen LogP contribution in [0.1, 0.15) is 106 Å². The average Bonchev–Trinajstić information content (AvgIpc) is 2.81. The Hall–Kier alpha value is -2.76. The molecular weight excluding hydrogens is 428 g/mol. The molecule has 0 aliphatic rings. The second-order valence-electron chi connectivity index (χ2n) is 9.24. The van der Waals surface area contributed by atoms with Gasteiger partial charge in [-0.15, -0.1) is 0 Å². The number of benzene rings is 2. The molecule has 2 amide bonds. The molecule has 0 bridgehead atoms. The summed E-state index contributed by atoms with van der Waals surface area (Å²) in [5.74, 6) is -0.856. The van der Waals surface area contributed by atoms with Crippen molar-refractivity contribution in [3.63, 3.8) is 0 Å². The van der Waals surface area contributed by atoms with E-state index in [2.05, 4.69) is 17.6 Å². The highest BCUT2D eigenvalue weighted by molar-refractivity contribution is 6.16. The minimum Gasteiger partial charge on any atom is -0.506 e. The second kappa shape index (κ2) is 14.5. The molecule has 34 heavy (non-hydrogen) atoms. The number of aromatic hydroxyl groups is 1. The first kappa shape index (κ1) is 27.5. The molecule has 0 radical (unpaired) electrons. The van der Waals surface area contributed by atoms with Crippen LogP contribution in [-0.4, -0.2) is 36.6 Å². The summed E-state index contributed by atoms with van der Waals surface area (Å²) in [5.41, 5.74) is 0.260. The van der Waals surface area contributed by atoms with E-state index in [1.165, 1.54) is 52.1 Å². The number of unbranched alkanes of at least 4 members (excludes halogenated alkanes) is 9. The average molecular weight is 471 g/mol. The van der Waals surface area contributed by atoms with Crippen molar-refractivity contribution in [1.82, 2.24) is 10.6 Å². The van der Waals surface area contributed by atoms with Gasteiger partial charge in [-0.3, -0.25) is 9.59 Å². The number of amides is 2. The number of carbonyl (C=O) groups is 2. The fourth-order valence-corrected chi connectivity index (χ4v) is 4.27. The Morgan fingerprint density at radius 1 is 0.853 bits per heavy atom. The zero-order valence-corrected chi connectivity index (χ0v) is 21.3. The van der Waals surface area contributed by atoms with Crippen LogP contribution in [-0.2, 0) is 0 Å². The van der Waals surface area contributed by atoms with Gasteiger partial charge in [0.2, 0.25) is 0 Å². The molecule has 0 aliphatic heterocycles. The van der Waals surface area contributed by atoms with E-state index in [9.17, 15) is 14.7 Å². The number of carbonyl (C=O) groups excluding carboxylic acids is 2. The molecule has 2 rings (SSSR count). The van der Waals surface area contributed by atoms with Gasteiger partial charge in [0, 0.05) is 23.4 Å². The molecule has 0 atom stereocenters. The second-order valence-corrected chi connectivity index (χ2v) is 9.24. The molecular formula is C28H42N2O4. The molecule has 0 aliphatic carbocycles. The molecule has 0 spiro atoms. The van der Waals surface area contributed by atoms with Crippen LogP contribution in [0.5, 0.6) is 11.5 Å². The zero-order valence-electron chi connectivity index (χ0n) is 21.3. The number of hydrogen-bond donors (Lipinski definition) is 3. The van der Waals surface area contributed by atoms with Crippen LogP contribution in [0.15, 0.2) is 24.3 Å². The van der Waals surface area contributed by atoms with Crippen molar-refractivity contribution in [1.29, 1.82) is 0 Å². The van der Waals surface area contributed by atoms with Crippen LogP contribution < -0.4 is 15.4 Å². The Morgan fingerprint density at radius 2 is 1.41 bits per heavy atom. The Balaban J connectivity index is 2.03. The summed E-state index contributed by atoms with van der Waals surface area (Å²) in [6, 6.07) is 6.93. The first-order valence-electron chi connectivity index (χ1n) is 12.8. The highest BCUT2D eigenvalue weighted by atomic mass is 16.5. The lowest BCUT2D eigenvalue weighted by Crippen LogP contribution is -2.31. The van der Waals surface area contributed by atoms with Crippen molar-refractivity contribution in [3.8, 4) is 11.5 Å². The smallest absolute Gasteiger partial charge is 0.258 e. The molecule has 0 saturated heterocycles. The van der Waals surface area contributed by atoms with E-state index in [4.69, 9.17) is 4.74 Å². The first-order valence-corrected chi connectivity index (χ1v) is 12.8. The standard InChI is InChI=1S/C28H42N2O4/c1-5-6-7-8-9-10-11-12-13-16-19-29-27(32)24-25(31)22-18-15-14-17-21(22)23(26(24)34-4)28(33)30-20(2)3/h14-15,17-18,20,31H,5-13,16,19H2,1-4H3,(H,29,32)(H,30,33). The van der Waals surface area contributed by atoms with Gasteiger partial charge in [-0.05, 0) is 20.3 Å². The SMILES string of the molecule is CCCCCCCCCCCCNC(=O)c1c(OC)c(C(=O)NC(C)C)c2ccccc2c1O. The number of rotatable bonds is 15. The molecule has 0 saturated carbocycles. The van der Waals surface area contributed by atoms with E-state index in [0.29, 0.717) is 17.3 Å². The van der Waals surface area contributed by atoms with E-state index in [1.807, 2.05) is 13.8 Å². The Kier molecular flexibility index (Phi) is 11.7. The molecule has 6 nitrogen and oxygen atoms in total. The summed E-state index contributed by atoms with van der Waals surface area (Å²) < 4.78 is 5.51. The number of hydrogen-bond acceptors (Lipinski definition) is 4. The molecule has 6 heteroatoms. The molecule has 2 aromatic rings. The van der Waals surface area contributed by atoms with Gasteiger partial charge in [-0.1, -0.05) is 89.0 Å². The van der Waals surface area contributed by atoms with Gasteiger partial charge in [-0.25, -0.2) is 0 Å². The van der Waals surface area contributed by atoms with Gasteiger partial charge in [0.15, 0.2) is 0 Å². The Labute approximate surface area is 204 Å². The maximum absolute atomic E-state index is 13.1. The molecule has 0 unspecified atom stereocenters. The summed E-state index contributed by atoms with van der Waals surface area (Å²) in [5, 5.41) is 17.7. The van der Waals surface area contributed by atoms with E-state index in [-0.39, 0.29) is 34.6 Å². The zero-order chi connectivity index (χ0) is 24.9. The molecule has 0 heterocycles. The predicted molar refractivity (Wildman–Crippen MR) is 139 cm³/mol. The van der Waals surface area contributed by atoms with E-state index in [0.717, 1.165) is 19.3 Å². The summed E-state index contributed by atoms with van der Waals surface area (Å²) >= 11 is 0. The Morgan fingerprint density at radius 3 is 1.97 bits per heavy atom. The third-order valence-corrected chi connectivity index (χ3v) is 6.04. The van der Waals surface area contributed by atoms with E-state index in [1.54, 1.807) is 24.3 Å². The maximum Gasteiger partial charge on any atom is 0.258 e. The van der Waals surface area contributed by atoms with Crippen molar-refractivity contribution in [2.45, 2.75) is 91.0 Å². The molecule has 0 aromatic heterocycles. The minimum atomic E-state index is -0.436. The lowest BCUT2D eigenvalue weighted by Gasteiger charge is -2.19. The van der Waals surface area contributed by atoms with Gasteiger partial charge in [0.25, 0.3) is 11.8 Å². The normalized spacial score (nSPS) is 11.1. The lowest BCUT2D eigenvalue weighted by molar-refractivity contribution is 0.0941. The quantitative estimate of drug-likeness (QED) is 0.265. The van der Waals surface area contributed by atoms with Gasteiger partial charge in [0.1, 0.15) is 17.1 Å². The summed E-state index contributed by atoms with van der Waals surface area (Å²) in [6.45, 7) is 6.48. The van der Waals surface area contributed by atoms with Crippen molar-refractivity contribution < 1.29 is 19.4 Å². The van der Waals surface area contributed by atoms with Crippen molar-refractivity contribution in [2.75, 3.05) is 13.7 Å². The molecule has 0 fully saturated rings. The minimum absolute atomic E-state index is 0.00202. The summed E-state index contributed by atoms with van der Waals surface area (Å²) in [7, 11) is 1.41. The van der Waals surface area contributed by atoms with E-state index < -0.39 is 5.91 Å². The number of phenols is 1. The van der Waals surface area contributed by atoms with Crippen LogP contribution in [0.4, 0.5) is 0 Å². The highest BCUT2D eigenvalue weighted by Gasteiger charge is 2.28. The van der Waals surface area contributed by atoms with Crippen molar-refractivity contribution in [2.24, 2.45) is 0 Å². The maximum atomic E-state index is 13.1. The third-order valence-electron chi connectivity index (χ3n) is 6.04. The van der Waals surface area contributed by atoms with Gasteiger partial charge < -0.3 is 20.5 Å². The monoisotopic (exact) mass is 470 g/mol. The fourth-order valence-electron chi connectivity index (χ4n) is 4.27. The molecule has 3 N–H and O–H groups in total. The van der Waals surface area contributed by atoms with Crippen molar-refractivity contribution in [3.05, 3.63) is 35.4 Å². The molecule has 188 valence electrons. The number of fused-ring (bicyclic) bond motifs is 1. The van der Waals surface area contributed by atoms with Gasteiger partial charge in [-0.2, -0.15) is 0 Å². The summed E-state index contributed by atoms with van der Waals surface area (Å²) in [6.07, 6.45) is 12.2. The Bertz CT molecular complexity index is 940. The number of nitrogens with one attached hydrogen (secondary N) is 2. The first-order chi connectivity index (χ1) is 16.4. The largest absolute Gasteiger partial charge is 0.506 e. The predicted octanol–water partition coefficient (Wildman–Crippen LogP) is 6.34. The number of ether oxygens (including phenoxy) is 1. The third kappa shape index (κ3) is 7.64. The number of phenolic OH excluding ortho intramolecular Hbond substituents is 1. The van der Waals surface area contributed by atoms with Crippen LogP contribution in [0, 0.1) is 0 Å². The topological polar surface area (TPSA) is 87.7 Å².